The molecule has 3 aliphatic carbocycles. The van der Waals surface area contributed by atoms with Crippen LogP contribution in [0.25, 0.3) is 39.0 Å². The smallest absolute Gasteiger partial charge is 0.0792 e. The highest BCUT2D eigenvalue weighted by Gasteiger charge is 2.22. The molecule has 0 aliphatic heterocycles. The van der Waals surface area contributed by atoms with Crippen molar-refractivity contribution in [2.24, 2.45) is 35.5 Å². The first kappa shape index (κ1) is 50.0. The second-order valence-corrected chi connectivity index (χ2v) is 22.9. The van der Waals surface area contributed by atoms with Crippen LogP contribution in [-0.2, 0) is 19.3 Å². The molecule has 3 aliphatic rings. The summed E-state index contributed by atoms with van der Waals surface area (Å²) in [6.45, 7) is 13.6. The lowest BCUT2D eigenvalue weighted by molar-refractivity contribution is 0.278. The molecule has 0 amide bonds. The van der Waals surface area contributed by atoms with E-state index in [1.807, 2.05) is 13.0 Å². The van der Waals surface area contributed by atoms with Crippen molar-refractivity contribution >= 4 is 45.4 Å². The molecule has 8 N–H and O–H groups in total. The van der Waals surface area contributed by atoms with Crippen molar-refractivity contribution in [1.82, 2.24) is 0 Å². The Kier molecular flexibility index (Phi) is 16.3. The van der Waals surface area contributed by atoms with Crippen LogP contribution in [0.5, 0.6) is 0 Å². The van der Waals surface area contributed by atoms with E-state index in [1.165, 1.54) is 113 Å². The molecule has 0 spiro atoms. The van der Waals surface area contributed by atoms with Gasteiger partial charge in [-0.2, -0.15) is 0 Å². The monoisotopic (exact) mass is 946 g/mol. The van der Waals surface area contributed by atoms with Crippen LogP contribution in [-0.4, -0.2) is 0 Å². The zero-order chi connectivity index (χ0) is 49.4. The van der Waals surface area contributed by atoms with Crippen molar-refractivity contribution < 1.29 is 0 Å². The number of hydrogen-bond donors (Lipinski definition) is 5. The van der Waals surface area contributed by atoms with Gasteiger partial charge in [0.1, 0.15) is 0 Å². The quantitative estimate of drug-likeness (QED) is 0.0586. The second kappa shape index (κ2) is 23.1. The summed E-state index contributed by atoms with van der Waals surface area (Å²) in [7, 11) is 0. The lowest BCUT2D eigenvalue weighted by Crippen LogP contribution is -2.12. The molecule has 71 heavy (non-hydrogen) atoms. The molecular formula is C66H83N5. The molecule has 0 unspecified atom stereocenters. The summed E-state index contributed by atoms with van der Waals surface area (Å²) in [5.41, 5.74) is 38.8. The predicted octanol–water partition coefficient (Wildman–Crippen LogP) is 18.2. The molecule has 6 aromatic carbocycles. The first-order valence-electron chi connectivity index (χ1n) is 27.6. The molecule has 0 aromatic heterocycles. The van der Waals surface area contributed by atoms with Gasteiger partial charge in [0, 0.05) is 5.56 Å². The van der Waals surface area contributed by atoms with E-state index in [0.717, 1.165) is 122 Å². The molecule has 0 heterocycles. The van der Waals surface area contributed by atoms with Crippen molar-refractivity contribution in [2.75, 3.05) is 27.8 Å². The standard InChI is InChI=1S/C66H83N5/c1-43(2)59-38-57(54-32-26-51(27-33-54)22-19-48-14-8-45(4)9-15-48)40-62(65(59)68)71-64-42-58(55-34-28-52(29-35-55)23-20-49-16-10-46(5)11-17-49)41-63(66(64)69)70-61-39-56(36-37-60(61)67)53-30-24-50(25-31-53)21-18-47-12-6-44(3)7-13-47/h24-42,44-49,70-71H,1,6-23,67-69H2,2-5H3. The van der Waals surface area contributed by atoms with Crippen molar-refractivity contribution in [3.8, 4) is 33.4 Å². The van der Waals surface area contributed by atoms with Gasteiger partial charge in [-0.05, 0) is 173 Å². The van der Waals surface area contributed by atoms with Crippen molar-refractivity contribution in [2.45, 2.75) is 143 Å². The van der Waals surface area contributed by atoms with Gasteiger partial charge in [0.2, 0.25) is 0 Å². The summed E-state index contributed by atoms with van der Waals surface area (Å²) in [5.74, 6) is 5.21. The number of nitrogens with two attached hydrogens (primary N) is 3. The normalized spacial score (nSPS) is 21.4. The summed E-state index contributed by atoms with van der Waals surface area (Å²) in [4.78, 5) is 0. The number of benzene rings is 6. The summed E-state index contributed by atoms with van der Waals surface area (Å²) >= 11 is 0. The van der Waals surface area contributed by atoms with Gasteiger partial charge < -0.3 is 27.8 Å². The van der Waals surface area contributed by atoms with Gasteiger partial charge in [-0.3, -0.25) is 0 Å². The number of anilines is 7. The van der Waals surface area contributed by atoms with Crippen LogP contribution in [0, 0.1) is 35.5 Å². The van der Waals surface area contributed by atoms with Gasteiger partial charge in [0.15, 0.2) is 0 Å². The summed E-state index contributed by atoms with van der Waals surface area (Å²) in [5, 5.41) is 7.47. The lowest BCUT2D eigenvalue weighted by Gasteiger charge is -2.26. The molecule has 3 saturated carbocycles. The molecule has 6 aromatic rings. The van der Waals surface area contributed by atoms with E-state index in [1.54, 1.807) is 0 Å². The average molecular weight is 946 g/mol. The van der Waals surface area contributed by atoms with Crippen molar-refractivity contribution in [3.05, 3.63) is 144 Å². The Balaban J connectivity index is 0.991. The summed E-state index contributed by atoms with van der Waals surface area (Å²) in [6, 6.07) is 42.3. The zero-order valence-corrected chi connectivity index (χ0v) is 43.6. The van der Waals surface area contributed by atoms with E-state index >= 15 is 0 Å². The maximum absolute atomic E-state index is 7.25. The molecule has 5 nitrogen and oxygen atoms in total. The first-order chi connectivity index (χ1) is 34.4. The van der Waals surface area contributed by atoms with E-state index in [2.05, 4.69) is 147 Å². The fraction of sp³-hybridized carbons (Fsp3) is 0.424. The average Bonchev–Trinajstić information content (AvgIpc) is 3.38. The summed E-state index contributed by atoms with van der Waals surface area (Å²) in [6.07, 6.45) is 23.7. The van der Waals surface area contributed by atoms with E-state index in [-0.39, 0.29) is 0 Å². The van der Waals surface area contributed by atoms with Crippen LogP contribution >= 0.6 is 0 Å². The van der Waals surface area contributed by atoms with Gasteiger partial charge in [-0.15, -0.1) is 0 Å². The van der Waals surface area contributed by atoms with Crippen LogP contribution in [0.1, 0.15) is 146 Å². The predicted molar refractivity (Wildman–Crippen MR) is 308 cm³/mol. The maximum Gasteiger partial charge on any atom is 0.0792 e. The molecule has 0 atom stereocenters. The topological polar surface area (TPSA) is 102 Å². The van der Waals surface area contributed by atoms with Gasteiger partial charge in [-0.1, -0.05) is 183 Å². The molecule has 0 radical (unpaired) electrons. The third kappa shape index (κ3) is 12.9. The Hall–Kier alpha value is -5.94. The third-order valence-electron chi connectivity index (χ3n) is 17.2. The molecule has 372 valence electrons. The van der Waals surface area contributed by atoms with Crippen LogP contribution in [0.15, 0.2) is 122 Å². The summed E-state index contributed by atoms with van der Waals surface area (Å²) < 4.78 is 0. The molecule has 5 heteroatoms. The fourth-order valence-corrected chi connectivity index (χ4v) is 12.0. The third-order valence-corrected chi connectivity index (χ3v) is 17.2. The van der Waals surface area contributed by atoms with Gasteiger partial charge >= 0.3 is 0 Å². The zero-order valence-electron chi connectivity index (χ0n) is 43.6. The number of hydrogen-bond acceptors (Lipinski definition) is 5. The van der Waals surface area contributed by atoms with Crippen molar-refractivity contribution in [1.29, 1.82) is 0 Å². The van der Waals surface area contributed by atoms with Crippen LogP contribution in [0.3, 0.4) is 0 Å². The number of allylic oxidation sites excluding steroid dienone is 1. The van der Waals surface area contributed by atoms with Crippen molar-refractivity contribution in [3.63, 3.8) is 0 Å². The van der Waals surface area contributed by atoms with Crippen LogP contribution in [0.2, 0.25) is 0 Å². The Bertz CT molecular complexity index is 2710. The molecule has 3 fully saturated rings. The Morgan fingerprint density at radius 1 is 0.408 bits per heavy atom. The van der Waals surface area contributed by atoms with Gasteiger partial charge in [0.05, 0.1) is 39.8 Å². The largest absolute Gasteiger partial charge is 0.397 e. The number of rotatable bonds is 17. The number of nitrogens with one attached hydrogen (secondary N) is 2. The Morgan fingerprint density at radius 2 is 0.732 bits per heavy atom. The Labute approximate surface area is 427 Å². The minimum absolute atomic E-state index is 0.576. The van der Waals surface area contributed by atoms with E-state index in [4.69, 9.17) is 17.2 Å². The van der Waals surface area contributed by atoms with E-state index in [9.17, 15) is 0 Å². The molecule has 9 rings (SSSR count). The van der Waals surface area contributed by atoms with Crippen LogP contribution in [0.4, 0.5) is 39.8 Å². The van der Waals surface area contributed by atoms with Crippen LogP contribution < -0.4 is 27.8 Å². The highest BCUT2D eigenvalue weighted by molar-refractivity contribution is 5.96. The molecular weight excluding hydrogens is 863 g/mol. The second-order valence-electron chi connectivity index (χ2n) is 22.9. The molecule has 0 bridgehead atoms. The van der Waals surface area contributed by atoms with E-state index < -0.39 is 0 Å². The minimum atomic E-state index is 0.576. The van der Waals surface area contributed by atoms with E-state index in [0.29, 0.717) is 17.1 Å². The highest BCUT2D eigenvalue weighted by Crippen LogP contribution is 2.43. The first-order valence-corrected chi connectivity index (χ1v) is 27.6. The lowest BCUT2D eigenvalue weighted by atomic mass is 9.80. The SMILES string of the molecule is C=C(C)c1cc(-c2ccc(CCC3CCC(C)CC3)cc2)cc(Nc2cc(-c3ccc(CCC4CCC(C)CC4)cc3)cc(Nc3cc(-c4ccc(CCC5CCC(C)CC5)cc4)ccc3N)c2N)c1N. The fourth-order valence-electron chi connectivity index (χ4n) is 12.0. The minimum Gasteiger partial charge on any atom is -0.397 e. The maximum atomic E-state index is 7.25. The number of aryl methyl sites for hydroxylation is 3. The Morgan fingerprint density at radius 3 is 1.13 bits per heavy atom. The highest BCUT2D eigenvalue weighted by atomic mass is 15.0. The van der Waals surface area contributed by atoms with Gasteiger partial charge in [0.25, 0.3) is 0 Å². The van der Waals surface area contributed by atoms with Gasteiger partial charge in [-0.25, -0.2) is 0 Å². The number of nitrogen functional groups attached to an aromatic ring is 3. The molecule has 0 saturated heterocycles.